The fraction of sp³-hybridized carbons (Fsp3) is 0.188. The highest BCUT2D eigenvalue weighted by Crippen LogP contribution is 2.26. The standard InChI is InChI=1S/C16H16Cl2N2O4S/c1-19-25(22,23)13-5-2-11(3-6-13)9-20-16(21)10-24-12-4-7-14(17)15(18)8-12/h2-8,19H,9-10H2,1H3,(H,20,21). The Morgan fingerprint density at radius 1 is 1.08 bits per heavy atom. The van der Waals surface area contributed by atoms with Gasteiger partial charge in [-0.3, -0.25) is 4.79 Å². The molecule has 2 N–H and O–H groups in total. The van der Waals surface area contributed by atoms with Crippen LogP contribution in [-0.4, -0.2) is 28.0 Å². The molecule has 25 heavy (non-hydrogen) atoms. The molecular weight excluding hydrogens is 387 g/mol. The molecule has 0 saturated carbocycles. The van der Waals surface area contributed by atoms with Crippen LogP contribution in [0.15, 0.2) is 47.4 Å². The molecule has 0 radical (unpaired) electrons. The van der Waals surface area contributed by atoms with Gasteiger partial charge in [-0.05, 0) is 36.9 Å². The normalized spacial score (nSPS) is 11.2. The Kier molecular flexibility index (Phi) is 6.66. The smallest absolute Gasteiger partial charge is 0.258 e. The number of rotatable bonds is 7. The Hall–Kier alpha value is -1.80. The largest absolute Gasteiger partial charge is 0.484 e. The van der Waals surface area contributed by atoms with E-state index in [-0.39, 0.29) is 24.0 Å². The predicted octanol–water partition coefficient (Wildman–Crippen LogP) is 2.60. The molecule has 2 rings (SSSR count). The second-order valence-electron chi connectivity index (χ2n) is 4.99. The van der Waals surface area contributed by atoms with E-state index in [2.05, 4.69) is 10.0 Å². The molecule has 0 spiro atoms. The first-order chi connectivity index (χ1) is 11.8. The molecule has 0 aliphatic heterocycles. The first-order valence-electron chi connectivity index (χ1n) is 7.19. The van der Waals surface area contributed by atoms with Crippen LogP contribution in [0.3, 0.4) is 0 Å². The van der Waals surface area contributed by atoms with Crippen molar-refractivity contribution in [2.24, 2.45) is 0 Å². The van der Waals surface area contributed by atoms with Crippen LogP contribution in [0.2, 0.25) is 10.0 Å². The Morgan fingerprint density at radius 3 is 2.36 bits per heavy atom. The maximum absolute atomic E-state index is 11.8. The second-order valence-corrected chi connectivity index (χ2v) is 7.69. The summed E-state index contributed by atoms with van der Waals surface area (Å²) in [4.78, 5) is 12.0. The van der Waals surface area contributed by atoms with Gasteiger partial charge in [0.25, 0.3) is 5.91 Å². The second kappa shape index (κ2) is 8.53. The third-order valence-electron chi connectivity index (χ3n) is 3.25. The number of carbonyl (C=O) groups excluding carboxylic acids is 1. The quantitative estimate of drug-likeness (QED) is 0.745. The summed E-state index contributed by atoms with van der Waals surface area (Å²) < 4.78 is 30.8. The fourth-order valence-electron chi connectivity index (χ4n) is 1.87. The number of amides is 1. The fourth-order valence-corrected chi connectivity index (χ4v) is 2.89. The van der Waals surface area contributed by atoms with Crippen molar-refractivity contribution in [3.63, 3.8) is 0 Å². The zero-order valence-electron chi connectivity index (χ0n) is 13.3. The molecule has 6 nitrogen and oxygen atoms in total. The Morgan fingerprint density at radius 2 is 1.76 bits per heavy atom. The first kappa shape index (κ1) is 19.5. The number of hydrogen-bond acceptors (Lipinski definition) is 4. The van der Waals surface area contributed by atoms with Gasteiger partial charge >= 0.3 is 0 Å². The highest BCUT2D eigenvalue weighted by Gasteiger charge is 2.10. The molecule has 2 aromatic carbocycles. The molecule has 0 unspecified atom stereocenters. The summed E-state index contributed by atoms with van der Waals surface area (Å²) in [6.45, 7) is 0.0770. The molecular formula is C16H16Cl2N2O4S. The van der Waals surface area contributed by atoms with Gasteiger partial charge < -0.3 is 10.1 Å². The first-order valence-corrected chi connectivity index (χ1v) is 9.43. The summed E-state index contributed by atoms with van der Waals surface area (Å²) in [6.07, 6.45) is 0. The number of hydrogen-bond donors (Lipinski definition) is 2. The average molecular weight is 403 g/mol. The molecule has 0 aliphatic carbocycles. The van der Waals surface area contributed by atoms with E-state index in [0.29, 0.717) is 15.8 Å². The third kappa shape index (κ3) is 5.61. The Labute approximate surface area is 156 Å². The van der Waals surface area contributed by atoms with E-state index >= 15 is 0 Å². The minimum absolute atomic E-state index is 0.160. The minimum Gasteiger partial charge on any atom is -0.484 e. The molecule has 0 saturated heterocycles. The minimum atomic E-state index is -3.47. The topological polar surface area (TPSA) is 84.5 Å². The van der Waals surface area contributed by atoms with Crippen molar-refractivity contribution in [3.8, 4) is 5.75 Å². The monoisotopic (exact) mass is 402 g/mol. The highest BCUT2D eigenvalue weighted by molar-refractivity contribution is 7.89. The van der Waals surface area contributed by atoms with Crippen LogP contribution in [0.5, 0.6) is 5.75 Å². The van der Waals surface area contributed by atoms with Crippen LogP contribution in [0.1, 0.15) is 5.56 Å². The van der Waals surface area contributed by atoms with Gasteiger partial charge in [0.15, 0.2) is 6.61 Å². The number of benzene rings is 2. The zero-order chi connectivity index (χ0) is 18.4. The van der Waals surface area contributed by atoms with Crippen LogP contribution in [-0.2, 0) is 21.4 Å². The van der Waals surface area contributed by atoms with Crippen LogP contribution < -0.4 is 14.8 Å². The Balaban J connectivity index is 1.84. The lowest BCUT2D eigenvalue weighted by Crippen LogP contribution is -2.28. The van der Waals surface area contributed by atoms with Crippen molar-refractivity contribution in [1.82, 2.24) is 10.0 Å². The molecule has 0 atom stereocenters. The lowest BCUT2D eigenvalue weighted by molar-refractivity contribution is -0.123. The molecule has 0 aromatic heterocycles. The lowest BCUT2D eigenvalue weighted by atomic mass is 10.2. The molecule has 9 heteroatoms. The van der Waals surface area contributed by atoms with Crippen molar-refractivity contribution in [2.75, 3.05) is 13.7 Å². The molecule has 0 bridgehead atoms. The van der Waals surface area contributed by atoms with Crippen LogP contribution in [0, 0.1) is 0 Å². The number of ether oxygens (including phenoxy) is 1. The van der Waals surface area contributed by atoms with E-state index in [9.17, 15) is 13.2 Å². The maximum atomic E-state index is 11.8. The van der Waals surface area contributed by atoms with Gasteiger partial charge in [0, 0.05) is 12.6 Å². The molecule has 0 aliphatic rings. The highest BCUT2D eigenvalue weighted by atomic mass is 35.5. The number of nitrogens with one attached hydrogen (secondary N) is 2. The zero-order valence-corrected chi connectivity index (χ0v) is 15.6. The number of carbonyl (C=O) groups is 1. The lowest BCUT2D eigenvalue weighted by Gasteiger charge is -2.09. The summed E-state index contributed by atoms with van der Waals surface area (Å²) in [6, 6.07) is 10.9. The predicted molar refractivity (Wildman–Crippen MR) is 96.5 cm³/mol. The van der Waals surface area contributed by atoms with Gasteiger partial charge in [0.05, 0.1) is 14.9 Å². The van der Waals surface area contributed by atoms with Gasteiger partial charge in [-0.2, -0.15) is 0 Å². The number of sulfonamides is 1. The maximum Gasteiger partial charge on any atom is 0.258 e. The van der Waals surface area contributed by atoms with Crippen molar-refractivity contribution in [1.29, 1.82) is 0 Å². The van der Waals surface area contributed by atoms with E-state index < -0.39 is 10.0 Å². The van der Waals surface area contributed by atoms with Gasteiger partial charge in [0.1, 0.15) is 5.75 Å². The van der Waals surface area contributed by atoms with Gasteiger partial charge in [0.2, 0.25) is 10.0 Å². The van der Waals surface area contributed by atoms with Crippen LogP contribution in [0.25, 0.3) is 0 Å². The average Bonchev–Trinajstić information content (AvgIpc) is 2.61. The summed E-state index contributed by atoms with van der Waals surface area (Å²) in [5, 5.41) is 3.43. The molecule has 134 valence electrons. The van der Waals surface area contributed by atoms with Gasteiger partial charge in [-0.15, -0.1) is 0 Å². The van der Waals surface area contributed by atoms with Crippen molar-refractivity contribution < 1.29 is 17.9 Å². The van der Waals surface area contributed by atoms with E-state index in [1.165, 1.54) is 25.2 Å². The molecule has 0 heterocycles. The number of halogens is 2. The Bertz CT molecular complexity index is 855. The third-order valence-corrected chi connectivity index (χ3v) is 5.42. The summed E-state index contributed by atoms with van der Waals surface area (Å²) in [5.74, 6) is 0.115. The van der Waals surface area contributed by atoms with E-state index in [1.54, 1.807) is 24.3 Å². The van der Waals surface area contributed by atoms with Gasteiger partial charge in [-0.1, -0.05) is 35.3 Å². The van der Waals surface area contributed by atoms with E-state index in [1.807, 2.05) is 0 Å². The van der Waals surface area contributed by atoms with Crippen LogP contribution >= 0.6 is 23.2 Å². The van der Waals surface area contributed by atoms with Gasteiger partial charge in [-0.25, -0.2) is 13.1 Å². The van der Waals surface area contributed by atoms with E-state index in [0.717, 1.165) is 5.56 Å². The van der Waals surface area contributed by atoms with Crippen molar-refractivity contribution in [3.05, 3.63) is 58.1 Å². The van der Waals surface area contributed by atoms with E-state index in [4.69, 9.17) is 27.9 Å². The summed E-state index contributed by atoms with van der Waals surface area (Å²) in [5.41, 5.74) is 0.762. The summed E-state index contributed by atoms with van der Waals surface area (Å²) >= 11 is 11.7. The summed E-state index contributed by atoms with van der Waals surface area (Å²) in [7, 11) is -2.13. The van der Waals surface area contributed by atoms with Crippen LogP contribution in [0.4, 0.5) is 0 Å². The SMILES string of the molecule is CNS(=O)(=O)c1ccc(CNC(=O)COc2ccc(Cl)c(Cl)c2)cc1. The molecule has 2 aromatic rings. The van der Waals surface area contributed by atoms with Crippen molar-refractivity contribution >= 4 is 39.1 Å². The molecule has 1 amide bonds. The molecule has 0 fully saturated rings. The van der Waals surface area contributed by atoms with Crippen molar-refractivity contribution in [2.45, 2.75) is 11.4 Å².